The number of aryl methyl sites for hydroxylation is 4. The molecule has 0 nitrogen and oxygen atoms in total. The summed E-state index contributed by atoms with van der Waals surface area (Å²) in [6.45, 7) is 4.40. The number of rotatable bonds is 1. The summed E-state index contributed by atoms with van der Waals surface area (Å²) >= 11 is 1.89. The van der Waals surface area contributed by atoms with Crippen molar-refractivity contribution in [2.75, 3.05) is 0 Å². The van der Waals surface area contributed by atoms with Gasteiger partial charge in [-0.15, -0.1) is 11.3 Å². The van der Waals surface area contributed by atoms with Crippen molar-refractivity contribution in [3.63, 3.8) is 0 Å². The van der Waals surface area contributed by atoms with Crippen LogP contribution in [0.25, 0.3) is 11.1 Å². The quantitative estimate of drug-likeness (QED) is 0.669. The first kappa shape index (κ1) is 9.17. The molecule has 1 heteroatoms. The average Bonchev–Trinajstić information content (AvgIpc) is 2.48. The SMILES string of the molecule is Cc1cc(-c2ccc3c(c2)CC3)c(C)s1. The Morgan fingerprint density at radius 2 is 1.80 bits per heavy atom. The van der Waals surface area contributed by atoms with Crippen molar-refractivity contribution in [3.05, 3.63) is 45.1 Å². The standard InChI is InChI=1S/C14H14S/c1-9-7-14(10(2)15-9)13-6-4-11-3-5-12(11)8-13/h4,6-8H,3,5H2,1-2H3. The van der Waals surface area contributed by atoms with E-state index in [9.17, 15) is 0 Å². The fourth-order valence-electron chi connectivity index (χ4n) is 2.28. The molecule has 0 spiro atoms. The van der Waals surface area contributed by atoms with E-state index < -0.39 is 0 Å². The Bertz CT molecular complexity index is 520. The zero-order valence-corrected chi connectivity index (χ0v) is 9.95. The van der Waals surface area contributed by atoms with Crippen LogP contribution in [-0.4, -0.2) is 0 Å². The van der Waals surface area contributed by atoms with Crippen LogP contribution in [0, 0.1) is 13.8 Å². The second-order valence-corrected chi connectivity index (χ2v) is 5.77. The first-order valence-corrected chi connectivity index (χ1v) is 6.25. The number of thiophene rings is 1. The Morgan fingerprint density at radius 3 is 2.33 bits per heavy atom. The Labute approximate surface area is 94.6 Å². The predicted molar refractivity (Wildman–Crippen MR) is 66.6 cm³/mol. The van der Waals surface area contributed by atoms with Gasteiger partial charge in [0.15, 0.2) is 0 Å². The van der Waals surface area contributed by atoms with Crippen LogP contribution in [0.5, 0.6) is 0 Å². The van der Waals surface area contributed by atoms with Crippen LogP contribution >= 0.6 is 11.3 Å². The lowest BCUT2D eigenvalue weighted by molar-refractivity contribution is 0.840. The summed E-state index contributed by atoms with van der Waals surface area (Å²) in [6.07, 6.45) is 2.54. The third-order valence-electron chi connectivity index (χ3n) is 3.22. The second-order valence-electron chi connectivity index (χ2n) is 4.31. The van der Waals surface area contributed by atoms with Crippen molar-refractivity contribution in [1.82, 2.24) is 0 Å². The van der Waals surface area contributed by atoms with E-state index in [0.29, 0.717) is 0 Å². The molecule has 0 atom stereocenters. The van der Waals surface area contributed by atoms with Gasteiger partial charge in [-0.3, -0.25) is 0 Å². The van der Waals surface area contributed by atoms with Crippen molar-refractivity contribution in [2.24, 2.45) is 0 Å². The van der Waals surface area contributed by atoms with Crippen molar-refractivity contribution >= 4 is 11.3 Å². The third-order valence-corrected chi connectivity index (χ3v) is 4.19. The molecule has 1 aliphatic rings. The molecule has 3 rings (SSSR count). The molecule has 0 saturated carbocycles. The van der Waals surface area contributed by atoms with Gasteiger partial charge in [-0.1, -0.05) is 18.2 Å². The molecule has 2 aromatic rings. The van der Waals surface area contributed by atoms with E-state index in [2.05, 4.69) is 38.1 Å². The third kappa shape index (κ3) is 1.42. The van der Waals surface area contributed by atoms with Crippen molar-refractivity contribution in [2.45, 2.75) is 26.7 Å². The lowest BCUT2D eigenvalue weighted by Crippen LogP contribution is -2.07. The average molecular weight is 214 g/mol. The highest BCUT2D eigenvalue weighted by Crippen LogP contribution is 2.34. The van der Waals surface area contributed by atoms with Crippen LogP contribution in [0.4, 0.5) is 0 Å². The van der Waals surface area contributed by atoms with E-state index in [1.54, 1.807) is 11.1 Å². The van der Waals surface area contributed by atoms with Gasteiger partial charge in [0.05, 0.1) is 0 Å². The summed E-state index contributed by atoms with van der Waals surface area (Å²) < 4.78 is 0. The van der Waals surface area contributed by atoms with Crippen LogP contribution in [0.1, 0.15) is 20.9 Å². The van der Waals surface area contributed by atoms with Crippen LogP contribution in [0.15, 0.2) is 24.3 Å². The molecule has 0 radical (unpaired) electrons. The molecule has 0 saturated heterocycles. The number of benzene rings is 1. The molecule has 0 aliphatic heterocycles. The Hall–Kier alpha value is -1.08. The summed E-state index contributed by atoms with van der Waals surface area (Å²) in [5.74, 6) is 0. The summed E-state index contributed by atoms with van der Waals surface area (Å²) in [7, 11) is 0. The van der Waals surface area contributed by atoms with Crippen LogP contribution in [0.2, 0.25) is 0 Å². The van der Waals surface area contributed by atoms with Gasteiger partial charge in [0.1, 0.15) is 0 Å². The number of fused-ring (bicyclic) bond motifs is 1. The maximum Gasteiger partial charge on any atom is 0.00954 e. The summed E-state index contributed by atoms with van der Waals surface area (Å²) in [5.41, 5.74) is 5.92. The maximum atomic E-state index is 2.37. The lowest BCUT2D eigenvalue weighted by atomic mass is 9.86. The van der Waals surface area contributed by atoms with Gasteiger partial charge in [-0.05, 0) is 55.0 Å². The van der Waals surface area contributed by atoms with E-state index in [4.69, 9.17) is 0 Å². The highest BCUT2D eigenvalue weighted by Gasteiger charge is 2.14. The molecule has 76 valence electrons. The van der Waals surface area contributed by atoms with Gasteiger partial charge < -0.3 is 0 Å². The zero-order chi connectivity index (χ0) is 10.4. The molecule has 0 unspecified atom stereocenters. The Morgan fingerprint density at radius 1 is 1.00 bits per heavy atom. The van der Waals surface area contributed by atoms with E-state index in [1.807, 2.05) is 11.3 Å². The van der Waals surface area contributed by atoms with E-state index in [0.717, 1.165) is 0 Å². The second kappa shape index (κ2) is 3.21. The highest BCUT2D eigenvalue weighted by molar-refractivity contribution is 7.12. The molecular weight excluding hydrogens is 200 g/mol. The topological polar surface area (TPSA) is 0 Å². The van der Waals surface area contributed by atoms with Gasteiger partial charge in [-0.2, -0.15) is 0 Å². The smallest absolute Gasteiger partial charge is 0.00954 e. The van der Waals surface area contributed by atoms with Gasteiger partial charge >= 0.3 is 0 Å². The van der Waals surface area contributed by atoms with Gasteiger partial charge in [0, 0.05) is 9.75 Å². The van der Waals surface area contributed by atoms with Crippen LogP contribution in [0.3, 0.4) is 0 Å². The fraction of sp³-hybridized carbons (Fsp3) is 0.286. The molecule has 0 bridgehead atoms. The minimum atomic E-state index is 1.27. The monoisotopic (exact) mass is 214 g/mol. The first-order valence-electron chi connectivity index (χ1n) is 5.43. The zero-order valence-electron chi connectivity index (χ0n) is 9.13. The van der Waals surface area contributed by atoms with Crippen molar-refractivity contribution < 1.29 is 0 Å². The van der Waals surface area contributed by atoms with Gasteiger partial charge in [0.2, 0.25) is 0 Å². The van der Waals surface area contributed by atoms with Crippen LogP contribution in [-0.2, 0) is 12.8 Å². The normalized spacial score (nSPS) is 13.5. The number of hydrogen-bond acceptors (Lipinski definition) is 1. The fourth-order valence-corrected chi connectivity index (χ4v) is 3.23. The largest absolute Gasteiger partial charge is 0.145 e. The Kier molecular flexibility index (Phi) is 1.96. The first-order chi connectivity index (χ1) is 7.24. The molecule has 1 aromatic carbocycles. The van der Waals surface area contributed by atoms with Crippen LogP contribution < -0.4 is 0 Å². The predicted octanol–water partition coefficient (Wildman–Crippen LogP) is 4.13. The van der Waals surface area contributed by atoms with E-state index in [-0.39, 0.29) is 0 Å². The number of hydrogen-bond donors (Lipinski definition) is 0. The van der Waals surface area contributed by atoms with Gasteiger partial charge in [-0.25, -0.2) is 0 Å². The molecule has 15 heavy (non-hydrogen) atoms. The minimum absolute atomic E-state index is 1.27. The van der Waals surface area contributed by atoms with Gasteiger partial charge in [0.25, 0.3) is 0 Å². The summed E-state index contributed by atoms with van der Waals surface area (Å²) in [4.78, 5) is 2.84. The maximum absolute atomic E-state index is 2.37. The minimum Gasteiger partial charge on any atom is -0.145 e. The molecule has 0 amide bonds. The lowest BCUT2D eigenvalue weighted by Gasteiger charge is -2.19. The molecular formula is C14H14S. The van der Waals surface area contributed by atoms with E-state index in [1.165, 1.54) is 33.7 Å². The summed E-state index contributed by atoms with van der Waals surface area (Å²) in [6, 6.07) is 9.24. The molecule has 1 heterocycles. The molecule has 1 aromatic heterocycles. The molecule has 1 aliphatic carbocycles. The molecule has 0 N–H and O–H groups in total. The van der Waals surface area contributed by atoms with Crippen molar-refractivity contribution in [3.8, 4) is 11.1 Å². The summed E-state index contributed by atoms with van der Waals surface area (Å²) in [5, 5.41) is 0. The molecule has 0 fully saturated rings. The van der Waals surface area contributed by atoms with E-state index >= 15 is 0 Å². The Balaban J connectivity index is 2.12. The highest BCUT2D eigenvalue weighted by atomic mass is 32.1. The van der Waals surface area contributed by atoms with Crippen molar-refractivity contribution in [1.29, 1.82) is 0 Å².